The van der Waals surface area contributed by atoms with Crippen LogP contribution in [-0.4, -0.2) is 6.71 Å². The first-order chi connectivity index (χ1) is 32.9. The van der Waals surface area contributed by atoms with Gasteiger partial charge in [0.25, 0.3) is 6.71 Å². The Morgan fingerprint density at radius 1 is 0.420 bits per heavy atom. The summed E-state index contributed by atoms with van der Waals surface area (Å²) in [5, 5.41) is 0. The summed E-state index contributed by atoms with van der Waals surface area (Å²) in [6.45, 7) is 25.4. The van der Waals surface area contributed by atoms with Gasteiger partial charge in [0.15, 0.2) is 0 Å². The van der Waals surface area contributed by atoms with Crippen molar-refractivity contribution in [3.63, 3.8) is 0 Å². The monoisotopic (exact) mass is 898 g/mol. The molecule has 0 spiro atoms. The zero-order chi connectivity index (χ0) is 48.2. The number of benzene rings is 8. The fourth-order valence-electron chi connectivity index (χ4n) is 11.4. The maximum Gasteiger partial charge on any atom is 0.252 e. The summed E-state index contributed by atoms with van der Waals surface area (Å²) < 4.78 is 0. The van der Waals surface area contributed by atoms with Crippen molar-refractivity contribution in [3.05, 3.63) is 222 Å². The van der Waals surface area contributed by atoms with Crippen molar-refractivity contribution in [3.8, 4) is 11.1 Å². The van der Waals surface area contributed by atoms with E-state index in [-0.39, 0.29) is 28.4 Å². The quantitative estimate of drug-likeness (QED) is 0.154. The SMILES string of the molecule is CC(C)(C)c1ccc(-c2cccc(N3C4=C(B5c6ccc(N(c7ccc(C(C)(C)C)cc7)c7ccc(C(C)(C)C)cc7)cc6N(c6ccccc6)c6cccc3c65)c3ccccc3C4(C)C)c2)cc1. The van der Waals surface area contributed by atoms with Gasteiger partial charge in [-0.1, -0.05) is 191 Å². The van der Waals surface area contributed by atoms with Crippen LogP contribution in [0.5, 0.6) is 0 Å². The molecule has 1 aliphatic carbocycles. The smallest absolute Gasteiger partial charge is 0.252 e. The molecule has 4 heteroatoms. The third kappa shape index (κ3) is 7.42. The van der Waals surface area contributed by atoms with Gasteiger partial charge in [0.2, 0.25) is 0 Å². The first-order valence-corrected chi connectivity index (χ1v) is 24.9. The molecule has 342 valence electrons. The summed E-state index contributed by atoms with van der Waals surface area (Å²) in [6.07, 6.45) is 0. The van der Waals surface area contributed by atoms with Crippen LogP contribution >= 0.6 is 0 Å². The molecule has 3 aliphatic rings. The second-order valence-electron chi connectivity index (χ2n) is 23.1. The predicted molar refractivity (Wildman–Crippen MR) is 297 cm³/mol. The number of allylic oxidation sites excluding steroid dienone is 1. The lowest BCUT2D eigenvalue weighted by Crippen LogP contribution is -2.55. The molecular weight excluding hydrogens is 834 g/mol. The van der Waals surface area contributed by atoms with Gasteiger partial charge in [-0.15, -0.1) is 0 Å². The van der Waals surface area contributed by atoms with Crippen molar-refractivity contribution >= 4 is 68.6 Å². The van der Waals surface area contributed by atoms with Crippen molar-refractivity contribution in [2.24, 2.45) is 0 Å². The van der Waals surface area contributed by atoms with Gasteiger partial charge in [-0.3, -0.25) is 0 Å². The highest BCUT2D eigenvalue weighted by molar-refractivity contribution is 7.03. The van der Waals surface area contributed by atoms with Crippen LogP contribution in [0.1, 0.15) is 104 Å². The van der Waals surface area contributed by atoms with Crippen LogP contribution in [0.2, 0.25) is 0 Å². The van der Waals surface area contributed by atoms with E-state index in [0.717, 1.165) is 22.7 Å². The topological polar surface area (TPSA) is 9.72 Å². The summed E-state index contributed by atoms with van der Waals surface area (Å²) in [5.41, 5.74) is 23.7. The Hall–Kier alpha value is -7.04. The molecule has 0 saturated heterocycles. The van der Waals surface area contributed by atoms with Crippen LogP contribution in [0.3, 0.4) is 0 Å². The van der Waals surface area contributed by atoms with Gasteiger partial charge >= 0.3 is 0 Å². The number of fused-ring (bicyclic) bond motifs is 5. The molecule has 69 heavy (non-hydrogen) atoms. The molecule has 0 bridgehead atoms. The van der Waals surface area contributed by atoms with E-state index >= 15 is 0 Å². The summed E-state index contributed by atoms with van der Waals surface area (Å²) >= 11 is 0. The van der Waals surface area contributed by atoms with Crippen molar-refractivity contribution in [2.75, 3.05) is 14.7 Å². The molecule has 11 rings (SSSR count). The fourth-order valence-corrected chi connectivity index (χ4v) is 11.4. The zero-order valence-corrected chi connectivity index (χ0v) is 42.3. The lowest BCUT2D eigenvalue weighted by molar-refractivity contribution is 0.590. The van der Waals surface area contributed by atoms with E-state index in [1.807, 2.05) is 0 Å². The molecule has 0 saturated carbocycles. The van der Waals surface area contributed by atoms with Gasteiger partial charge < -0.3 is 14.7 Å². The molecule has 0 atom stereocenters. The minimum atomic E-state index is -0.282. The Kier molecular flexibility index (Phi) is 10.3. The average molecular weight is 898 g/mol. The largest absolute Gasteiger partial charge is 0.314 e. The van der Waals surface area contributed by atoms with Crippen LogP contribution in [0.25, 0.3) is 16.6 Å². The molecule has 0 N–H and O–H groups in total. The van der Waals surface area contributed by atoms with Gasteiger partial charge in [0.1, 0.15) is 0 Å². The highest BCUT2D eigenvalue weighted by atomic mass is 15.2. The summed E-state index contributed by atoms with van der Waals surface area (Å²) in [7, 11) is 0. The van der Waals surface area contributed by atoms with Gasteiger partial charge in [-0.2, -0.15) is 0 Å². The van der Waals surface area contributed by atoms with Crippen LogP contribution in [0.4, 0.5) is 45.5 Å². The fraction of sp³-hybridized carbons (Fsp3) is 0.231. The molecule has 8 aromatic carbocycles. The van der Waals surface area contributed by atoms with E-state index in [2.05, 4.69) is 279 Å². The van der Waals surface area contributed by atoms with Crippen LogP contribution in [0.15, 0.2) is 194 Å². The van der Waals surface area contributed by atoms with Crippen molar-refractivity contribution in [1.82, 2.24) is 0 Å². The maximum atomic E-state index is 2.62. The van der Waals surface area contributed by atoms with E-state index < -0.39 is 0 Å². The van der Waals surface area contributed by atoms with E-state index in [4.69, 9.17) is 0 Å². The van der Waals surface area contributed by atoms with E-state index in [9.17, 15) is 0 Å². The Balaban J connectivity index is 1.15. The van der Waals surface area contributed by atoms with Crippen LogP contribution in [-0.2, 0) is 21.7 Å². The summed E-state index contributed by atoms with van der Waals surface area (Å²) in [5.74, 6) is 0. The molecule has 2 heterocycles. The third-order valence-electron chi connectivity index (χ3n) is 15.1. The van der Waals surface area contributed by atoms with Gasteiger partial charge in [0.05, 0.1) is 0 Å². The van der Waals surface area contributed by atoms with E-state index in [1.54, 1.807) is 0 Å². The number of anilines is 8. The number of para-hydroxylation sites is 1. The van der Waals surface area contributed by atoms with Crippen molar-refractivity contribution < 1.29 is 0 Å². The van der Waals surface area contributed by atoms with Crippen LogP contribution in [0, 0.1) is 0 Å². The number of nitrogens with zero attached hydrogens (tertiary/aromatic N) is 3. The maximum absolute atomic E-state index is 2.62. The van der Waals surface area contributed by atoms with E-state index in [1.165, 1.54) is 83.8 Å². The first kappa shape index (κ1) is 44.5. The lowest BCUT2D eigenvalue weighted by Gasteiger charge is -2.46. The Morgan fingerprint density at radius 3 is 1.52 bits per heavy atom. The second kappa shape index (κ2) is 16.0. The number of hydrogen-bond donors (Lipinski definition) is 0. The highest BCUT2D eigenvalue weighted by Gasteiger charge is 2.52. The highest BCUT2D eigenvalue weighted by Crippen LogP contribution is 2.56. The molecule has 0 amide bonds. The molecular formula is C65H64BN3. The minimum Gasteiger partial charge on any atom is -0.314 e. The minimum absolute atomic E-state index is 0.00639. The molecule has 8 aromatic rings. The van der Waals surface area contributed by atoms with Crippen molar-refractivity contribution in [2.45, 2.75) is 97.8 Å². The van der Waals surface area contributed by atoms with Gasteiger partial charge in [-0.05, 0) is 144 Å². The Morgan fingerprint density at radius 2 is 0.928 bits per heavy atom. The second-order valence-corrected chi connectivity index (χ2v) is 23.1. The number of hydrogen-bond acceptors (Lipinski definition) is 3. The predicted octanol–water partition coefficient (Wildman–Crippen LogP) is 16.5. The summed E-state index contributed by atoms with van der Waals surface area (Å²) in [4.78, 5) is 7.59. The molecule has 0 radical (unpaired) electrons. The third-order valence-corrected chi connectivity index (χ3v) is 15.1. The normalized spacial score (nSPS) is 14.9. The van der Waals surface area contributed by atoms with Crippen molar-refractivity contribution in [1.29, 1.82) is 0 Å². The Bertz CT molecular complexity index is 3230. The van der Waals surface area contributed by atoms with E-state index in [0.29, 0.717) is 0 Å². The number of rotatable bonds is 6. The first-order valence-electron chi connectivity index (χ1n) is 24.9. The molecule has 2 aliphatic heterocycles. The average Bonchev–Trinajstić information content (AvgIpc) is 3.57. The zero-order valence-electron chi connectivity index (χ0n) is 42.3. The molecule has 0 fully saturated rings. The standard InChI is InChI=1S/C65H64BN3/c1-62(2,3)45-29-27-43(28-30-45)44-19-17-22-51(41-44)69-57-26-18-25-56-60(57)66(59-53-23-15-16-24-54(53)65(10,11)61(59)69)55-40-39-52(42-58(55)68(56)48-20-13-12-14-21-48)67(49-35-31-46(32-36-49)63(4,5)6)50-37-33-47(34-38-50)64(7,8)9/h12-42H,1-11H3. The molecule has 0 unspecified atom stereocenters. The summed E-state index contributed by atoms with van der Waals surface area (Å²) in [6, 6.07) is 71.3. The molecule has 0 aromatic heterocycles. The lowest BCUT2D eigenvalue weighted by atomic mass is 9.32. The van der Waals surface area contributed by atoms with Crippen LogP contribution < -0.4 is 25.6 Å². The molecule has 3 nitrogen and oxygen atoms in total. The van der Waals surface area contributed by atoms with Gasteiger partial charge in [-0.25, -0.2) is 0 Å². The Labute approximate surface area is 411 Å². The van der Waals surface area contributed by atoms with Gasteiger partial charge in [0, 0.05) is 56.6 Å².